The van der Waals surface area contributed by atoms with Gasteiger partial charge in [0.2, 0.25) is 5.76 Å². The van der Waals surface area contributed by atoms with Gasteiger partial charge < -0.3 is 14.5 Å². The predicted octanol–water partition coefficient (Wildman–Crippen LogP) is 3.10. The number of methoxy groups -OCH3 is 1. The molecule has 1 aromatic heterocycles. The van der Waals surface area contributed by atoms with Gasteiger partial charge in [0.05, 0.1) is 19.1 Å². The molecule has 0 aliphatic rings. The van der Waals surface area contributed by atoms with E-state index in [1.807, 2.05) is 0 Å². The van der Waals surface area contributed by atoms with E-state index in [1.54, 1.807) is 0 Å². The number of hydrogen-bond acceptors (Lipinski definition) is 4. The van der Waals surface area contributed by atoms with E-state index < -0.39 is 23.4 Å². The summed E-state index contributed by atoms with van der Waals surface area (Å²) in [5, 5.41) is 2.55. The molecule has 20 heavy (non-hydrogen) atoms. The third-order valence-electron chi connectivity index (χ3n) is 2.60. The Morgan fingerprint density at radius 2 is 1.95 bits per heavy atom. The fraction of sp³-hybridized carbons (Fsp3) is 0.154. The topological polar surface area (TPSA) is 51.5 Å². The maximum Gasteiger partial charge on any atom is 0.374 e. The number of esters is 1. The third-order valence-corrected chi connectivity index (χ3v) is 2.60. The molecule has 1 aromatic carbocycles. The molecule has 0 atom stereocenters. The summed E-state index contributed by atoms with van der Waals surface area (Å²) < 4.78 is 48.6. The second kappa shape index (κ2) is 5.68. The first-order valence-electron chi connectivity index (χ1n) is 5.56. The lowest BCUT2D eigenvalue weighted by Gasteiger charge is -2.08. The lowest BCUT2D eigenvalue weighted by molar-refractivity contribution is 0.0563. The van der Waals surface area contributed by atoms with Gasteiger partial charge in [0, 0.05) is 24.2 Å². The van der Waals surface area contributed by atoms with Crippen LogP contribution in [-0.4, -0.2) is 13.1 Å². The molecule has 0 unspecified atom stereocenters. The van der Waals surface area contributed by atoms with Gasteiger partial charge in [-0.1, -0.05) is 0 Å². The van der Waals surface area contributed by atoms with Gasteiger partial charge in [0.15, 0.2) is 11.6 Å². The summed E-state index contributed by atoms with van der Waals surface area (Å²) in [6, 6.07) is 2.62. The summed E-state index contributed by atoms with van der Waals surface area (Å²) >= 11 is 0. The van der Waals surface area contributed by atoms with Gasteiger partial charge >= 0.3 is 5.97 Å². The molecule has 0 spiro atoms. The Labute approximate surface area is 112 Å². The smallest absolute Gasteiger partial charge is 0.374 e. The van der Waals surface area contributed by atoms with Crippen molar-refractivity contribution in [3.05, 3.63) is 53.2 Å². The molecule has 0 aliphatic carbocycles. The average Bonchev–Trinajstić information content (AvgIpc) is 2.89. The zero-order valence-corrected chi connectivity index (χ0v) is 10.4. The van der Waals surface area contributed by atoms with Crippen molar-refractivity contribution in [3.63, 3.8) is 0 Å². The highest BCUT2D eigenvalue weighted by atomic mass is 19.2. The number of benzene rings is 1. The zero-order chi connectivity index (χ0) is 14.7. The van der Waals surface area contributed by atoms with E-state index in [-0.39, 0.29) is 18.0 Å². The fourth-order valence-corrected chi connectivity index (χ4v) is 1.60. The Kier molecular flexibility index (Phi) is 3.97. The highest BCUT2D eigenvalue weighted by molar-refractivity contribution is 5.87. The number of carbonyl (C=O) groups is 1. The molecule has 0 saturated carbocycles. The predicted molar refractivity (Wildman–Crippen MR) is 63.7 cm³/mol. The van der Waals surface area contributed by atoms with Crippen LogP contribution >= 0.6 is 0 Å². The summed E-state index contributed by atoms with van der Waals surface area (Å²) in [4.78, 5) is 11.3. The SMILES string of the molecule is COC(=O)c1occc1CNc1cc(F)c(F)cc1F. The van der Waals surface area contributed by atoms with Gasteiger partial charge in [-0.25, -0.2) is 18.0 Å². The second-order valence-electron chi connectivity index (χ2n) is 3.87. The van der Waals surface area contributed by atoms with Gasteiger partial charge in [-0.2, -0.15) is 0 Å². The largest absolute Gasteiger partial charge is 0.463 e. The lowest BCUT2D eigenvalue weighted by atomic mass is 10.2. The highest BCUT2D eigenvalue weighted by Gasteiger charge is 2.16. The molecule has 2 aromatic rings. The molecule has 106 valence electrons. The molecule has 0 amide bonds. The Bertz CT molecular complexity index is 640. The van der Waals surface area contributed by atoms with Gasteiger partial charge in [0.1, 0.15) is 5.82 Å². The van der Waals surface area contributed by atoms with Gasteiger partial charge in [-0.15, -0.1) is 0 Å². The molecular formula is C13H10F3NO3. The molecule has 0 fully saturated rings. The fourth-order valence-electron chi connectivity index (χ4n) is 1.60. The van der Waals surface area contributed by atoms with E-state index in [0.29, 0.717) is 17.7 Å². The van der Waals surface area contributed by atoms with Crippen molar-refractivity contribution in [1.29, 1.82) is 0 Å². The summed E-state index contributed by atoms with van der Waals surface area (Å²) in [5.74, 6) is -4.10. The third kappa shape index (κ3) is 2.76. The van der Waals surface area contributed by atoms with Gasteiger partial charge in [-0.3, -0.25) is 0 Å². The van der Waals surface area contributed by atoms with E-state index in [1.165, 1.54) is 19.4 Å². The molecule has 1 N–H and O–H groups in total. The molecule has 0 bridgehead atoms. The molecule has 0 aliphatic heterocycles. The first-order chi connectivity index (χ1) is 9.52. The summed E-state index contributed by atoms with van der Waals surface area (Å²) in [5.41, 5.74) is 0.182. The monoisotopic (exact) mass is 285 g/mol. The van der Waals surface area contributed by atoms with Crippen molar-refractivity contribution >= 4 is 11.7 Å². The van der Waals surface area contributed by atoms with Crippen molar-refractivity contribution in [1.82, 2.24) is 0 Å². The van der Waals surface area contributed by atoms with E-state index >= 15 is 0 Å². The van der Waals surface area contributed by atoms with Gasteiger partial charge in [0.25, 0.3) is 0 Å². The van der Waals surface area contributed by atoms with Crippen LogP contribution < -0.4 is 5.32 Å². The highest BCUT2D eigenvalue weighted by Crippen LogP contribution is 2.20. The quantitative estimate of drug-likeness (QED) is 0.692. The summed E-state index contributed by atoms with van der Waals surface area (Å²) in [6.07, 6.45) is 1.27. The van der Waals surface area contributed by atoms with Crippen LogP contribution in [0.3, 0.4) is 0 Å². The number of rotatable bonds is 4. The Balaban J connectivity index is 2.15. The van der Waals surface area contributed by atoms with Crippen LogP contribution in [0.2, 0.25) is 0 Å². The first-order valence-corrected chi connectivity index (χ1v) is 5.56. The maximum absolute atomic E-state index is 13.4. The number of hydrogen-bond donors (Lipinski definition) is 1. The Morgan fingerprint density at radius 1 is 1.25 bits per heavy atom. The van der Waals surface area contributed by atoms with E-state index in [2.05, 4.69) is 10.1 Å². The minimum atomic E-state index is -1.27. The number of anilines is 1. The Hall–Kier alpha value is -2.44. The number of nitrogens with one attached hydrogen (secondary N) is 1. The lowest BCUT2D eigenvalue weighted by Crippen LogP contribution is -2.08. The van der Waals surface area contributed by atoms with E-state index in [9.17, 15) is 18.0 Å². The van der Waals surface area contributed by atoms with E-state index in [0.717, 1.165) is 0 Å². The zero-order valence-electron chi connectivity index (χ0n) is 10.4. The second-order valence-corrected chi connectivity index (χ2v) is 3.87. The number of carbonyl (C=O) groups excluding carboxylic acids is 1. The molecule has 1 heterocycles. The van der Waals surface area contributed by atoms with Crippen LogP contribution in [-0.2, 0) is 11.3 Å². The summed E-state index contributed by atoms with van der Waals surface area (Å²) in [7, 11) is 1.19. The molecule has 7 heteroatoms. The molecular weight excluding hydrogens is 275 g/mol. The van der Waals surface area contributed by atoms with Crippen LogP contribution in [0.5, 0.6) is 0 Å². The van der Waals surface area contributed by atoms with Crippen LogP contribution in [0.4, 0.5) is 18.9 Å². The van der Waals surface area contributed by atoms with Crippen molar-refractivity contribution in [3.8, 4) is 0 Å². The van der Waals surface area contributed by atoms with E-state index in [4.69, 9.17) is 4.42 Å². The van der Waals surface area contributed by atoms with Crippen molar-refractivity contribution < 1.29 is 27.1 Å². The maximum atomic E-state index is 13.4. The first kappa shape index (κ1) is 14.0. The van der Waals surface area contributed by atoms with Crippen LogP contribution in [0, 0.1) is 17.5 Å². The minimum absolute atomic E-state index is 0.0110. The van der Waals surface area contributed by atoms with Gasteiger partial charge in [-0.05, 0) is 6.07 Å². The van der Waals surface area contributed by atoms with Crippen molar-refractivity contribution in [2.45, 2.75) is 6.54 Å². The summed E-state index contributed by atoms with van der Waals surface area (Å²) in [6.45, 7) is -0.0110. The number of furan rings is 1. The van der Waals surface area contributed by atoms with Crippen LogP contribution in [0.15, 0.2) is 28.9 Å². The van der Waals surface area contributed by atoms with Crippen molar-refractivity contribution in [2.24, 2.45) is 0 Å². The molecule has 4 nitrogen and oxygen atoms in total. The normalized spacial score (nSPS) is 10.4. The van der Waals surface area contributed by atoms with Crippen LogP contribution in [0.25, 0.3) is 0 Å². The Morgan fingerprint density at radius 3 is 2.65 bits per heavy atom. The molecule has 0 saturated heterocycles. The average molecular weight is 285 g/mol. The van der Waals surface area contributed by atoms with Crippen molar-refractivity contribution in [2.75, 3.05) is 12.4 Å². The molecule has 0 radical (unpaired) electrons. The molecule has 2 rings (SSSR count). The minimum Gasteiger partial charge on any atom is -0.463 e. The van der Waals surface area contributed by atoms with Crippen LogP contribution in [0.1, 0.15) is 16.1 Å². The standard InChI is InChI=1S/C13H10F3NO3/c1-19-13(18)12-7(2-3-20-12)6-17-11-5-9(15)8(14)4-10(11)16/h2-5,17H,6H2,1H3. The number of halogens is 3. The number of ether oxygens (including phenoxy) is 1.